The SMILES string of the molecule is CCc1ccccc1N=C1S/C(=C/c2cccc(OC)c2OC)C(=O)N1C. The fourth-order valence-corrected chi connectivity index (χ4v) is 3.81. The van der Waals surface area contributed by atoms with Crippen LogP contribution < -0.4 is 9.47 Å². The Morgan fingerprint density at radius 3 is 2.59 bits per heavy atom. The molecule has 0 aromatic heterocycles. The number of rotatable bonds is 5. The lowest BCUT2D eigenvalue weighted by atomic mass is 10.1. The van der Waals surface area contributed by atoms with Crippen molar-refractivity contribution in [1.29, 1.82) is 0 Å². The Hall–Kier alpha value is -2.73. The predicted molar refractivity (Wildman–Crippen MR) is 111 cm³/mol. The molecule has 6 heteroatoms. The number of hydrogen-bond donors (Lipinski definition) is 0. The lowest BCUT2D eigenvalue weighted by Gasteiger charge is -2.10. The number of carbonyl (C=O) groups excluding carboxylic acids is 1. The van der Waals surface area contributed by atoms with Gasteiger partial charge >= 0.3 is 0 Å². The van der Waals surface area contributed by atoms with Crippen LogP contribution in [0.3, 0.4) is 0 Å². The highest BCUT2D eigenvalue weighted by atomic mass is 32.2. The van der Waals surface area contributed by atoms with Crippen molar-refractivity contribution in [3.8, 4) is 11.5 Å². The molecule has 0 radical (unpaired) electrons. The normalized spacial score (nSPS) is 17.0. The minimum Gasteiger partial charge on any atom is -0.493 e. The van der Waals surface area contributed by atoms with E-state index in [9.17, 15) is 4.79 Å². The zero-order chi connectivity index (χ0) is 19.4. The molecule has 0 saturated carbocycles. The number of carbonyl (C=O) groups is 1. The molecule has 1 fully saturated rings. The van der Waals surface area contributed by atoms with E-state index in [2.05, 4.69) is 13.0 Å². The summed E-state index contributed by atoms with van der Waals surface area (Å²) in [6.07, 6.45) is 2.71. The van der Waals surface area contributed by atoms with E-state index in [4.69, 9.17) is 14.5 Å². The molecule has 1 heterocycles. The molecule has 1 saturated heterocycles. The number of para-hydroxylation sites is 2. The van der Waals surface area contributed by atoms with Gasteiger partial charge < -0.3 is 9.47 Å². The lowest BCUT2D eigenvalue weighted by molar-refractivity contribution is -0.121. The molecule has 0 atom stereocenters. The van der Waals surface area contributed by atoms with Gasteiger partial charge in [0.2, 0.25) is 0 Å². The Kier molecular flexibility index (Phi) is 5.86. The second-order valence-electron chi connectivity index (χ2n) is 5.93. The molecule has 0 spiro atoms. The smallest absolute Gasteiger partial charge is 0.266 e. The van der Waals surface area contributed by atoms with E-state index >= 15 is 0 Å². The number of amidine groups is 1. The van der Waals surface area contributed by atoms with Gasteiger partial charge in [-0.3, -0.25) is 9.69 Å². The summed E-state index contributed by atoms with van der Waals surface area (Å²) in [5.74, 6) is 1.14. The van der Waals surface area contributed by atoms with E-state index in [1.807, 2.05) is 42.5 Å². The number of amides is 1. The van der Waals surface area contributed by atoms with Gasteiger partial charge in [-0.15, -0.1) is 0 Å². The van der Waals surface area contributed by atoms with Crippen molar-refractivity contribution in [2.24, 2.45) is 4.99 Å². The van der Waals surface area contributed by atoms with Crippen molar-refractivity contribution in [2.75, 3.05) is 21.3 Å². The molecule has 5 nitrogen and oxygen atoms in total. The highest BCUT2D eigenvalue weighted by Crippen LogP contribution is 2.37. The Balaban J connectivity index is 1.97. The van der Waals surface area contributed by atoms with Crippen LogP contribution in [0.2, 0.25) is 0 Å². The van der Waals surface area contributed by atoms with E-state index in [1.165, 1.54) is 11.8 Å². The summed E-state index contributed by atoms with van der Waals surface area (Å²) in [5.41, 5.74) is 2.83. The first-order chi connectivity index (χ1) is 13.1. The van der Waals surface area contributed by atoms with Gasteiger partial charge in [-0.25, -0.2) is 4.99 Å². The largest absolute Gasteiger partial charge is 0.493 e. The van der Waals surface area contributed by atoms with Crippen molar-refractivity contribution in [1.82, 2.24) is 4.90 Å². The third-order valence-corrected chi connectivity index (χ3v) is 5.37. The van der Waals surface area contributed by atoms with E-state index in [-0.39, 0.29) is 5.91 Å². The number of thioether (sulfide) groups is 1. The van der Waals surface area contributed by atoms with Gasteiger partial charge in [0.15, 0.2) is 16.7 Å². The minimum atomic E-state index is -0.0856. The fourth-order valence-electron chi connectivity index (χ4n) is 2.84. The molecule has 0 aliphatic carbocycles. The molecular weight excluding hydrogens is 360 g/mol. The molecule has 0 bridgehead atoms. The summed E-state index contributed by atoms with van der Waals surface area (Å²) in [6, 6.07) is 13.6. The molecule has 1 aliphatic heterocycles. The second kappa shape index (κ2) is 8.31. The highest BCUT2D eigenvalue weighted by Gasteiger charge is 2.31. The van der Waals surface area contributed by atoms with Crippen LogP contribution >= 0.6 is 11.8 Å². The number of ether oxygens (including phenoxy) is 2. The van der Waals surface area contributed by atoms with Gasteiger partial charge in [-0.05, 0) is 42.0 Å². The van der Waals surface area contributed by atoms with E-state index in [0.29, 0.717) is 21.6 Å². The molecule has 3 rings (SSSR count). The Labute approximate surface area is 163 Å². The zero-order valence-corrected chi connectivity index (χ0v) is 16.7. The minimum absolute atomic E-state index is 0.0856. The Bertz CT molecular complexity index is 921. The number of nitrogens with zero attached hydrogens (tertiary/aromatic N) is 2. The quantitative estimate of drug-likeness (QED) is 0.715. The first-order valence-electron chi connectivity index (χ1n) is 8.64. The number of aliphatic imine (C=N–C) groups is 1. The number of aryl methyl sites for hydroxylation is 1. The summed E-state index contributed by atoms with van der Waals surface area (Å²) >= 11 is 1.36. The maximum atomic E-state index is 12.7. The van der Waals surface area contributed by atoms with Crippen LogP contribution in [0, 0.1) is 0 Å². The molecule has 0 N–H and O–H groups in total. The van der Waals surface area contributed by atoms with Crippen molar-refractivity contribution >= 4 is 34.6 Å². The molecule has 1 amide bonds. The third kappa shape index (κ3) is 3.85. The second-order valence-corrected chi connectivity index (χ2v) is 6.94. The van der Waals surface area contributed by atoms with Crippen LogP contribution in [0.25, 0.3) is 6.08 Å². The maximum absolute atomic E-state index is 12.7. The number of methoxy groups -OCH3 is 2. The molecular formula is C21H22N2O3S. The van der Waals surface area contributed by atoms with Gasteiger partial charge in [-0.2, -0.15) is 0 Å². The monoisotopic (exact) mass is 382 g/mol. The van der Waals surface area contributed by atoms with E-state index < -0.39 is 0 Å². The van der Waals surface area contributed by atoms with Crippen LogP contribution in [-0.4, -0.2) is 37.2 Å². The van der Waals surface area contributed by atoms with Crippen molar-refractivity contribution in [3.63, 3.8) is 0 Å². The first-order valence-corrected chi connectivity index (χ1v) is 9.45. The standard InChI is InChI=1S/C21H22N2O3S/c1-5-14-9-6-7-11-16(14)22-21-23(2)20(24)18(27-21)13-15-10-8-12-17(25-3)19(15)26-4/h6-13H,5H2,1-4H3/b18-13+,22-21?. The molecule has 2 aromatic rings. The number of likely N-dealkylation sites (N-methyl/N-ethyl adjacent to an activating group) is 1. The Morgan fingerprint density at radius 2 is 1.89 bits per heavy atom. The third-order valence-electron chi connectivity index (χ3n) is 4.31. The summed E-state index contributed by atoms with van der Waals surface area (Å²) in [4.78, 5) is 19.6. The summed E-state index contributed by atoms with van der Waals surface area (Å²) in [5, 5.41) is 0.661. The van der Waals surface area contributed by atoms with Crippen molar-refractivity contribution < 1.29 is 14.3 Å². The Morgan fingerprint density at radius 1 is 1.11 bits per heavy atom. The first kappa shape index (κ1) is 19.0. The molecule has 2 aromatic carbocycles. The van der Waals surface area contributed by atoms with E-state index in [1.54, 1.807) is 26.2 Å². The van der Waals surface area contributed by atoms with Crippen LogP contribution in [0.5, 0.6) is 11.5 Å². The molecule has 140 valence electrons. The summed E-state index contributed by atoms with van der Waals surface area (Å²) in [6.45, 7) is 2.09. The van der Waals surface area contributed by atoms with Crippen molar-refractivity contribution in [3.05, 3.63) is 58.5 Å². The van der Waals surface area contributed by atoms with Crippen LogP contribution in [0.4, 0.5) is 5.69 Å². The topological polar surface area (TPSA) is 51.1 Å². The lowest BCUT2D eigenvalue weighted by Crippen LogP contribution is -2.23. The van der Waals surface area contributed by atoms with Crippen LogP contribution in [-0.2, 0) is 11.2 Å². The van der Waals surface area contributed by atoms with Crippen molar-refractivity contribution in [2.45, 2.75) is 13.3 Å². The van der Waals surface area contributed by atoms with Crippen LogP contribution in [0.1, 0.15) is 18.1 Å². The van der Waals surface area contributed by atoms with Gasteiger partial charge in [0.05, 0.1) is 24.8 Å². The fraction of sp³-hybridized carbons (Fsp3) is 0.238. The molecule has 1 aliphatic rings. The maximum Gasteiger partial charge on any atom is 0.266 e. The number of benzene rings is 2. The molecule has 27 heavy (non-hydrogen) atoms. The zero-order valence-electron chi connectivity index (χ0n) is 15.9. The van der Waals surface area contributed by atoms with Gasteiger partial charge in [0.25, 0.3) is 5.91 Å². The van der Waals surface area contributed by atoms with Gasteiger partial charge in [0, 0.05) is 12.6 Å². The van der Waals surface area contributed by atoms with Gasteiger partial charge in [-0.1, -0.05) is 37.3 Å². The summed E-state index contributed by atoms with van der Waals surface area (Å²) < 4.78 is 10.8. The molecule has 0 unspecified atom stereocenters. The highest BCUT2D eigenvalue weighted by molar-refractivity contribution is 8.18. The predicted octanol–water partition coefficient (Wildman–Crippen LogP) is 4.50. The average molecular weight is 382 g/mol. The average Bonchev–Trinajstić information content (AvgIpc) is 2.96. The van der Waals surface area contributed by atoms with Gasteiger partial charge in [0.1, 0.15) is 0 Å². The summed E-state index contributed by atoms with van der Waals surface area (Å²) in [7, 11) is 4.92. The number of hydrogen-bond acceptors (Lipinski definition) is 5. The van der Waals surface area contributed by atoms with Crippen LogP contribution in [0.15, 0.2) is 52.4 Å². The van der Waals surface area contributed by atoms with E-state index in [0.717, 1.165) is 23.2 Å².